The predicted octanol–water partition coefficient (Wildman–Crippen LogP) is 12.9. The SMILES string of the molecule is Cc1cc(C)c(-c2ccc3c(c2)oc2c(-c4cc(C(C)C)ccn4)[c-]ccc23)c(C)c1.[CH3][Ge]([CH3])([CH3])[c]1ccc(-c2[c-]ccc(-c3ccccc3)c2)nc1.[Ir]. The van der Waals surface area contributed by atoms with Crippen LogP contribution in [0.25, 0.3) is 66.7 Å². The molecule has 3 heterocycles. The molecule has 1 radical (unpaired) electrons. The molecule has 54 heavy (non-hydrogen) atoms. The zero-order valence-corrected chi connectivity index (χ0v) is 36.8. The minimum absolute atomic E-state index is 0. The second-order valence-electron chi connectivity index (χ2n) is 15.4. The maximum Gasteiger partial charge on any atom is 0 e. The number of hydrogen-bond donors (Lipinski definition) is 0. The van der Waals surface area contributed by atoms with Gasteiger partial charge in [-0.25, -0.2) is 0 Å². The van der Waals surface area contributed by atoms with Crippen LogP contribution in [0.3, 0.4) is 0 Å². The summed E-state index contributed by atoms with van der Waals surface area (Å²) in [4.78, 5) is 9.28. The fourth-order valence-corrected chi connectivity index (χ4v) is 9.26. The summed E-state index contributed by atoms with van der Waals surface area (Å²) in [5, 5.41) is 2.22. The Balaban J connectivity index is 0.000000191. The van der Waals surface area contributed by atoms with Crippen LogP contribution >= 0.6 is 0 Å². The molecule has 0 saturated carbocycles. The first-order valence-electron chi connectivity index (χ1n) is 18.4. The van der Waals surface area contributed by atoms with Crippen LogP contribution in [0.1, 0.15) is 42.0 Å². The van der Waals surface area contributed by atoms with Crippen LogP contribution in [0.15, 0.2) is 132 Å². The third kappa shape index (κ3) is 8.37. The number of nitrogens with zero attached hydrogens (tertiary/aromatic N) is 2. The van der Waals surface area contributed by atoms with E-state index in [1.807, 2.05) is 24.4 Å². The molecule has 5 aromatic carbocycles. The van der Waals surface area contributed by atoms with Gasteiger partial charge in [-0.1, -0.05) is 66.3 Å². The minimum Gasteiger partial charge on any atom is 0 e. The fraction of sp³-hybridized carbons (Fsp3) is 0.184. The number of aryl methyl sites for hydroxylation is 3. The molecule has 3 aromatic heterocycles. The van der Waals surface area contributed by atoms with E-state index in [2.05, 4.69) is 177 Å². The van der Waals surface area contributed by atoms with Gasteiger partial charge in [-0.15, -0.1) is 18.2 Å². The van der Waals surface area contributed by atoms with Crippen molar-refractivity contribution < 1.29 is 24.5 Å². The van der Waals surface area contributed by atoms with Crippen LogP contribution in [0.2, 0.25) is 17.3 Å². The Labute approximate surface area is 336 Å². The molecule has 0 atom stereocenters. The Morgan fingerprint density at radius 3 is 2.07 bits per heavy atom. The number of rotatable bonds is 6. The van der Waals surface area contributed by atoms with Crippen molar-refractivity contribution in [2.75, 3.05) is 0 Å². The topological polar surface area (TPSA) is 38.9 Å². The third-order valence-electron chi connectivity index (χ3n) is 9.92. The van der Waals surface area contributed by atoms with Crippen molar-refractivity contribution in [3.63, 3.8) is 0 Å². The quantitative estimate of drug-likeness (QED) is 0.123. The number of hydrogen-bond acceptors (Lipinski definition) is 3. The van der Waals surface area contributed by atoms with Crippen molar-refractivity contribution in [3.05, 3.63) is 162 Å². The van der Waals surface area contributed by atoms with E-state index in [0.717, 1.165) is 44.5 Å². The summed E-state index contributed by atoms with van der Waals surface area (Å²) in [6, 6.07) is 47.0. The second kappa shape index (κ2) is 16.4. The summed E-state index contributed by atoms with van der Waals surface area (Å²) in [5.41, 5.74) is 15.6. The molecule has 0 N–H and O–H groups in total. The number of aromatic nitrogens is 2. The normalized spacial score (nSPS) is 11.4. The summed E-state index contributed by atoms with van der Waals surface area (Å²) in [5.74, 6) is 7.61. The molecule has 0 saturated heterocycles. The largest absolute Gasteiger partial charge is 0 e. The van der Waals surface area contributed by atoms with Gasteiger partial charge in [0.25, 0.3) is 0 Å². The van der Waals surface area contributed by atoms with E-state index < -0.39 is 13.3 Å². The first kappa shape index (κ1) is 39.1. The Morgan fingerprint density at radius 2 is 1.39 bits per heavy atom. The molecule has 0 fully saturated rings. The van der Waals surface area contributed by atoms with E-state index in [-0.39, 0.29) is 20.1 Å². The van der Waals surface area contributed by atoms with Crippen LogP contribution in [0.5, 0.6) is 0 Å². The number of benzene rings is 5. The molecule has 0 aliphatic heterocycles. The van der Waals surface area contributed by atoms with Crippen LogP contribution in [-0.2, 0) is 20.1 Å². The smallest absolute Gasteiger partial charge is 0 e. The van der Waals surface area contributed by atoms with Crippen molar-refractivity contribution in [3.8, 4) is 44.8 Å². The van der Waals surface area contributed by atoms with E-state index in [1.54, 1.807) is 0 Å². The maximum atomic E-state index is 6.43. The van der Waals surface area contributed by atoms with E-state index >= 15 is 0 Å². The molecule has 0 aliphatic carbocycles. The standard InChI is InChI=1S/C29H26NO.C20H20GeN.Ir/c1-17(2)21-11-12-30-26(15-21)25-8-6-7-24-23-10-9-22(16-27(23)31-29(24)25)28-19(4)13-18(3)14-20(28)5;1-21(2,3)19-12-13-20(22-15-19)18-11-7-10-17(14-18)16-8-5-4-6-9-16;/h6-7,9-17H,1-5H3;4-10,12-15H,1-3H3;/q2*-1;. The van der Waals surface area contributed by atoms with Gasteiger partial charge in [-0.3, -0.25) is 0 Å². The fourth-order valence-electron chi connectivity index (χ4n) is 7.09. The van der Waals surface area contributed by atoms with Gasteiger partial charge in [0.1, 0.15) is 5.58 Å². The Kier molecular flexibility index (Phi) is 11.9. The third-order valence-corrected chi connectivity index (χ3v) is 14.2. The van der Waals surface area contributed by atoms with Crippen molar-refractivity contribution in [2.24, 2.45) is 0 Å². The predicted molar refractivity (Wildman–Crippen MR) is 226 cm³/mol. The molecule has 273 valence electrons. The molecular weight excluding hydrogens is 897 g/mol. The van der Waals surface area contributed by atoms with E-state index in [1.165, 1.54) is 48.9 Å². The van der Waals surface area contributed by atoms with Gasteiger partial charge < -0.3 is 9.40 Å². The molecule has 0 bridgehead atoms. The molecule has 0 amide bonds. The van der Waals surface area contributed by atoms with Gasteiger partial charge in [0.05, 0.1) is 5.58 Å². The van der Waals surface area contributed by atoms with Crippen LogP contribution in [-0.4, -0.2) is 23.2 Å². The van der Waals surface area contributed by atoms with Crippen LogP contribution in [0.4, 0.5) is 0 Å². The first-order valence-corrected chi connectivity index (χ1v) is 25.8. The van der Waals surface area contributed by atoms with Gasteiger partial charge >= 0.3 is 135 Å². The maximum absolute atomic E-state index is 6.43. The van der Waals surface area contributed by atoms with E-state index in [4.69, 9.17) is 4.42 Å². The molecular formula is C49H46GeIrN2O-2. The number of furan rings is 1. The average molecular weight is 944 g/mol. The van der Waals surface area contributed by atoms with E-state index in [0.29, 0.717) is 5.92 Å². The number of fused-ring (bicyclic) bond motifs is 3. The molecule has 5 heteroatoms. The monoisotopic (exact) mass is 945 g/mol. The molecule has 3 nitrogen and oxygen atoms in total. The Bertz CT molecular complexity index is 2520. The summed E-state index contributed by atoms with van der Waals surface area (Å²) in [7, 11) is 0. The van der Waals surface area contributed by atoms with Gasteiger partial charge in [0, 0.05) is 31.7 Å². The zero-order chi connectivity index (χ0) is 37.3. The summed E-state index contributed by atoms with van der Waals surface area (Å²) in [6.45, 7) is 10.9. The average Bonchev–Trinajstić information content (AvgIpc) is 3.53. The minimum atomic E-state index is -1.79. The van der Waals surface area contributed by atoms with Crippen molar-refractivity contribution >= 4 is 39.6 Å². The van der Waals surface area contributed by atoms with Crippen molar-refractivity contribution in [1.82, 2.24) is 9.97 Å². The van der Waals surface area contributed by atoms with Crippen LogP contribution < -0.4 is 4.40 Å². The summed E-state index contributed by atoms with van der Waals surface area (Å²) < 4.78 is 7.87. The first-order chi connectivity index (χ1) is 25.5. The van der Waals surface area contributed by atoms with Crippen LogP contribution in [0, 0.1) is 32.9 Å². The molecule has 8 rings (SSSR count). The molecule has 8 aromatic rings. The van der Waals surface area contributed by atoms with Crippen molar-refractivity contribution in [2.45, 2.75) is 57.8 Å². The van der Waals surface area contributed by atoms with Gasteiger partial charge in [0.2, 0.25) is 0 Å². The number of pyridine rings is 2. The molecule has 0 aliphatic rings. The zero-order valence-electron chi connectivity index (χ0n) is 32.3. The molecule has 0 unspecified atom stereocenters. The van der Waals surface area contributed by atoms with Gasteiger partial charge in [-0.2, -0.15) is 0 Å². The van der Waals surface area contributed by atoms with Gasteiger partial charge in [0.15, 0.2) is 0 Å². The Morgan fingerprint density at radius 1 is 0.648 bits per heavy atom. The Hall–Kier alpha value is -4.61. The van der Waals surface area contributed by atoms with Crippen molar-refractivity contribution in [1.29, 1.82) is 0 Å². The summed E-state index contributed by atoms with van der Waals surface area (Å²) in [6.07, 6.45) is 3.93. The molecule has 0 spiro atoms. The van der Waals surface area contributed by atoms with E-state index in [9.17, 15) is 0 Å². The van der Waals surface area contributed by atoms with Gasteiger partial charge in [-0.05, 0) is 66.8 Å². The second-order valence-corrected chi connectivity index (χ2v) is 26.0. The summed E-state index contributed by atoms with van der Waals surface area (Å²) >= 11 is -1.79.